The number of ether oxygens (including phenoxy) is 1. The number of benzene rings is 1. The SMILES string of the molecule is CCNC(=NCc1cccc(OC(F)F)c1)N1CC[C@@H](O)C1. The monoisotopic (exact) mass is 313 g/mol. The minimum absolute atomic E-state index is 0.129. The summed E-state index contributed by atoms with van der Waals surface area (Å²) in [5, 5.41) is 12.8. The number of rotatable bonds is 5. The molecule has 5 nitrogen and oxygen atoms in total. The van der Waals surface area contributed by atoms with Crippen LogP contribution in [0.5, 0.6) is 5.75 Å². The first kappa shape index (κ1) is 16.5. The van der Waals surface area contributed by atoms with Gasteiger partial charge < -0.3 is 20.1 Å². The standard InChI is InChI=1S/C15H21F2N3O2/c1-2-18-15(20-7-6-12(21)10-20)19-9-11-4-3-5-13(8-11)22-14(16)17/h3-5,8,12,14,21H,2,6-7,9-10H2,1H3,(H,18,19)/t12-/m1/s1. The molecule has 0 aromatic heterocycles. The zero-order valence-electron chi connectivity index (χ0n) is 12.5. The predicted molar refractivity (Wildman–Crippen MR) is 80.1 cm³/mol. The third-order valence-electron chi connectivity index (χ3n) is 3.33. The van der Waals surface area contributed by atoms with E-state index in [1.54, 1.807) is 12.1 Å². The smallest absolute Gasteiger partial charge is 0.387 e. The van der Waals surface area contributed by atoms with Gasteiger partial charge in [0, 0.05) is 19.6 Å². The molecule has 122 valence electrons. The number of alkyl halides is 2. The van der Waals surface area contributed by atoms with Crippen LogP contribution in [-0.2, 0) is 6.54 Å². The molecule has 1 heterocycles. The molecule has 0 radical (unpaired) electrons. The number of hydrogen-bond donors (Lipinski definition) is 2. The average molecular weight is 313 g/mol. The lowest BCUT2D eigenvalue weighted by Crippen LogP contribution is -2.40. The molecule has 0 spiro atoms. The first-order valence-electron chi connectivity index (χ1n) is 7.33. The fourth-order valence-electron chi connectivity index (χ4n) is 2.35. The van der Waals surface area contributed by atoms with Gasteiger partial charge in [-0.15, -0.1) is 0 Å². The van der Waals surface area contributed by atoms with Crippen molar-refractivity contribution >= 4 is 5.96 Å². The number of aliphatic hydroxyl groups excluding tert-OH is 1. The Hall–Kier alpha value is -1.89. The summed E-state index contributed by atoms with van der Waals surface area (Å²) in [4.78, 5) is 6.49. The van der Waals surface area contributed by atoms with Gasteiger partial charge in [-0.1, -0.05) is 12.1 Å². The Balaban J connectivity index is 2.03. The Labute approximate surface area is 128 Å². The molecule has 1 aliphatic rings. The second-order valence-electron chi connectivity index (χ2n) is 5.08. The van der Waals surface area contributed by atoms with Crippen LogP contribution < -0.4 is 10.1 Å². The van der Waals surface area contributed by atoms with E-state index in [0.29, 0.717) is 13.1 Å². The largest absolute Gasteiger partial charge is 0.435 e. The topological polar surface area (TPSA) is 57.1 Å². The number of aliphatic hydroxyl groups is 1. The molecule has 7 heteroatoms. The average Bonchev–Trinajstić information content (AvgIpc) is 2.89. The summed E-state index contributed by atoms with van der Waals surface area (Å²) in [6, 6.07) is 6.51. The van der Waals surface area contributed by atoms with Gasteiger partial charge in [0.15, 0.2) is 5.96 Å². The normalized spacial score (nSPS) is 18.9. The van der Waals surface area contributed by atoms with Crippen molar-refractivity contribution in [3.8, 4) is 5.75 Å². The van der Waals surface area contributed by atoms with Crippen molar-refractivity contribution in [2.75, 3.05) is 19.6 Å². The van der Waals surface area contributed by atoms with E-state index < -0.39 is 6.61 Å². The van der Waals surface area contributed by atoms with E-state index in [0.717, 1.165) is 31.0 Å². The van der Waals surface area contributed by atoms with Gasteiger partial charge in [0.1, 0.15) is 5.75 Å². The molecule has 1 aliphatic heterocycles. The number of nitrogens with zero attached hydrogens (tertiary/aromatic N) is 2. The Bertz CT molecular complexity index is 511. The first-order chi connectivity index (χ1) is 10.6. The molecule has 1 aromatic carbocycles. The summed E-state index contributed by atoms with van der Waals surface area (Å²) in [6.07, 6.45) is 0.397. The number of hydrogen-bond acceptors (Lipinski definition) is 3. The van der Waals surface area contributed by atoms with Gasteiger partial charge in [-0.25, -0.2) is 4.99 Å². The van der Waals surface area contributed by atoms with Crippen molar-refractivity contribution in [2.45, 2.75) is 32.6 Å². The van der Waals surface area contributed by atoms with Crippen LogP contribution in [0, 0.1) is 0 Å². The summed E-state index contributed by atoms with van der Waals surface area (Å²) in [5.41, 5.74) is 0.785. The molecular formula is C15H21F2N3O2. The summed E-state index contributed by atoms with van der Waals surface area (Å²) >= 11 is 0. The molecule has 0 aliphatic carbocycles. The van der Waals surface area contributed by atoms with Gasteiger partial charge in [-0.3, -0.25) is 0 Å². The zero-order chi connectivity index (χ0) is 15.9. The minimum atomic E-state index is -2.83. The van der Waals surface area contributed by atoms with Crippen molar-refractivity contribution in [3.05, 3.63) is 29.8 Å². The second kappa shape index (κ2) is 7.93. The van der Waals surface area contributed by atoms with Gasteiger partial charge in [0.2, 0.25) is 0 Å². The highest BCUT2D eigenvalue weighted by molar-refractivity contribution is 5.80. The molecule has 0 unspecified atom stereocenters. The van der Waals surface area contributed by atoms with Gasteiger partial charge in [0.25, 0.3) is 0 Å². The lowest BCUT2D eigenvalue weighted by molar-refractivity contribution is -0.0498. The van der Waals surface area contributed by atoms with Crippen LogP contribution in [0.4, 0.5) is 8.78 Å². The van der Waals surface area contributed by atoms with Crippen LogP contribution in [-0.4, -0.2) is 48.3 Å². The molecule has 2 N–H and O–H groups in total. The van der Waals surface area contributed by atoms with E-state index in [1.165, 1.54) is 6.07 Å². The van der Waals surface area contributed by atoms with Crippen molar-refractivity contribution in [1.82, 2.24) is 10.2 Å². The lowest BCUT2D eigenvalue weighted by atomic mass is 10.2. The maximum atomic E-state index is 12.2. The summed E-state index contributed by atoms with van der Waals surface area (Å²) < 4.78 is 28.8. The van der Waals surface area contributed by atoms with Gasteiger partial charge in [0.05, 0.1) is 12.6 Å². The summed E-state index contributed by atoms with van der Waals surface area (Å²) in [6.45, 7) is 1.53. The molecule has 0 amide bonds. The maximum absolute atomic E-state index is 12.2. The Morgan fingerprint density at radius 2 is 2.36 bits per heavy atom. The number of halogens is 2. The summed E-state index contributed by atoms with van der Waals surface area (Å²) in [5.74, 6) is 0.850. The fourth-order valence-corrected chi connectivity index (χ4v) is 2.35. The number of aliphatic imine (C=N–C) groups is 1. The fraction of sp³-hybridized carbons (Fsp3) is 0.533. The number of β-amino-alcohol motifs (C(OH)–C–C–N with tert-alkyl or cyclic N) is 1. The molecular weight excluding hydrogens is 292 g/mol. The maximum Gasteiger partial charge on any atom is 0.387 e. The van der Waals surface area contributed by atoms with Gasteiger partial charge >= 0.3 is 6.61 Å². The van der Waals surface area contributed by atoms with E-state index in [1.807, 2.05) is 17.9 Å². The van der Waals surface area contributed by atoms with E-state index in [-0.39, 0.29) is 11.9 Å². The molecule has 1 fully saturated rings. The Morgan fingerprint density at radius 1 is 1.55 bits per heavy atom. The zero-order valence-corrected chi connectivity index (χ0v) is 12.5. The highest BCUT2D eigenvalue weighted by Gasteiger charge is 2.22. The Kier molecular flexibility index (Phi) is 5.94. The van der Waals surface area contributed by atoms with E-state index >= 15 is 0 Å². The minimum Gasteiger partial charge on any atom is -0.435 e. The first-order valence-corrected chi connectivity index (χ1v) is 7.33. The predicted octanol–water partition coefficient (Wildman–Crippen LogP) is 1.82. The van der Waals surface area contributed by atoms with E-state index in [9.17, 15) is 13.9 Å². The van der Waals surface area contributed by atoms with Gasteiger partial charge in [-0.05, 0) is 31.0 Å². The van der Waals surface area contributed by atoms with Crippen molar-refractivity contribution < 1.29 is 18.6 Å². The van der Waals surface area contributed by atoms with Crippen LogP contribution in [0.3, 0.4) is 0 Å². The van der Waals surface area contributed by atoms with Crippen LogP contribution in [0.25, 0.3) is 0 Å². The van der Waals surface area contributed by atoms with Crippen LogP contribution in [0.15, 0.2) is 29.3 Å². The second-order valence-corrected chi connectivity index (χ2v) is 5.08. The van der Waals surface area contributed by atoms with E-state index in [2.05, 4.69) is 15.0 Å². The third kappa shape index (κ3) is 4.84. The number of guanidine groups is 1. The highest BCUT2D eigenvalue weighted by atomic mass is 19.3. The van der Waals surface area contributed by atoms with E-state index in [4.69, 9.17) is 0 Å². The quantitative estimate of drug-likeness (QED) is 0.643. The van der Waals surface area contributed by atoms with Crippen molar-refractivity contribution in [2.24, 2.45) is 4.99 Å². The van der Waals surface area contributed by atoms with Crippen LogP contribution in [0.2, 0.25) is 0 Å². The van der Waals surface area contributed by atoms with Crippen LogP contribution in [0.1, 0.15) is 18.9 Å². The Morgan fingerprint density at radius 3 is 3.00 bits per heavy atom. The van der Waals surface area contributed by atoms with Gasteiger partial charge in [-0.2, -0.15) is 8.78 Å². The molecule has 22 heavy (non-hydrogen) atoms. The third-order valence-corrected chi connectivity index (χ3v) is 3.33. The summed E-state index contributed by atoms with van der Waals surface area (Å²) in [7, 11) is 0. The molecule has 1 atom stereocenters. The van der Waals surface area contributed by atoms with Crippen molar-refractivity contribution in [1.29, 1.82) is 0 Å². The molecule has 0 saturated carbocycles. The molecule has 2 rings (SSSR count). The van der Waals surface area contributed by atoms with Crippen molar-refractivity contribution in [3.63, 3.8) is 0 Å². The number of likely N-dealkylation sites (tertiary alicyclic amines) is 1. The van der Waals surface area contributed by atoms with Crippen LogP contribution >= 0.6 is 0 Å². The molecule has 1 aromatic rings. The lowest BCUT2D eigenvalue weighted by Gasteiger charge is -2.21. The molecule has 0 bridgehead atoms. The molecule has 1 saturated heterocycles. The number of nitrogens with one attached hydrogen (secondary N) is 1. The highest BCUT2D eigenvalue weighted by Crippen LogP contribution is 2.17.